The lowest BCUT2D eigenvalue weighted by atomic mass is 9.74. The van der Waals surface area contributed by atoms with Crippen LogP contribution in [-0.4, -0.2) is 159 Å². The molecule has 15 nitrogen and oxygen atoms in total. The molecule has 3 fully saturated rings. The van der Waals surface area contributed by atoms with Gasteiger partial charge in [-0.25, -0.2) is 0 Å². The second kappa shape index (κ2) is 17.6. The van der Waals surface area contributed by atoms with Crippen molar-refractivity contribution >= 4 is 11.8 Å². The lowest BCUT2D eigenvalue weighted by molar-refractivity contribution is -0.320. The minimum atomic E-state index is -2.02. The standard InChI is InChI=1S/C37H67NO14/c1-13-25-37(9,46)30(42)19(3)27(40)18(2)15-35(7,45)32(52-34-28(41)24(38(10)11)14-23(17-39)49-34)20(4)29(21(5)33(44)50-25)51-26-16-36(8,47-12)31(43)22(6)48-26/h18-26,28-32,34,39,41-43,45-46H,13-17H2,1-12H3/t18-,19+,20+,21-,22+,23+,24+,25-,26+,28-,29+,30-,31+,32-,34+,35-,36-,37-/m1/s1. The molecule has 0 spiro atoms. The van der Waals surface area contributed by atoms with Crippen molar-refractivity contribution in [1.82, 2.24) is 4.90 Å². The summed E-state index contributed by atoms with van der Waals surface area (Å²) in [5, 5.41) is 67.7. The Bertz CT molecular complexity index is 1190. The molecule has 52 heavy (non-hydrogen) atoms. The molecule has 3 heterocycles. The van der Waals surface area contributed by atoms with Gasteiger partial charge in [-0.2, -0.15) is 0 Å². The maximum absolute atomic E-state index is 14.1. The second-order valence-electron chi connectivity index (χ2n) is 16.5. The number of carbonyl (C=O) groups is 2. The number of ketones is 1. The van der Waals surface area contributed by atoms with E-state index in [1.165, 1.54) is 27.9 Å². The normalized spacial score (nSPS) is 49.0. The molecule has 3 saturated heterocycles. The second-order valence-corrected chi connectivity index (χ2v) is 16.5. The maximum atomic E-state index is 14.1. The third-order valence-electron chi connectivity index (χ3n) is 11.9. The molecule has 0 aliphatic carbocycles. The Morgan fingerprint density at radius 1 is 0.904 bits per heavy atom. The van der Waals surface area contributed by atoms with Gasteiger partial charge in [-0.1, -0.05) is 27.7 Å². The average molecular weight is 750 g/mol. The van der Waals surface area contributed by atoms with Gasteiger partial charge in [0.05, 0.1) is 54.2 Å². The molecule has 0 aromatic carbocycles. The zero-order valence-corrected chi connectivity index (χ0v) is 33.1. The molecule has 0 saturated carbocycles. The van der Waals surface area contributed by atoms with Gasteiger partial charge in [0.15, 0.2) is 12.6 Å². The molecule has 18 atom stereocenters. The summed E-state index contributed by atoms with van der Waals surface area (Å²) in [6.45, 7) is 13.9. The van der Waals surface area contributed by atoms with Gasteiger partial charge in [0, 0.05) is 37.3 Å². The molecule has 0 aromatic heterocycles. The topological polar surface area (TPSA) is 214 Å². The lowest BCUT2D eigenvalue weighted by Gasteiger charge is -2.49. The van der Waals surface area contributed by atoms with Crippen LogP contribution in [0.15, 0.2) is 0 Å². The molecule has 0 unspecified atom stereocenters. The number of Topliss-reactive ketones (excluding diaryl/α,β-unsaturated/α-hetero) is 1. The van der Waals surface area contributed by atoms with Crippen molar-refractivity contribution in [2.75, 3.05) is 27.8 Å². The van der Waals surface area contributed by atoms with E-state index in [1.54, 1.807) is 60.5 Å². The molecular weight excluding hydrogens is 682 g/mol. The van der Waals surface area contributed by atoms with Gasteiger partial charge in [-0.05, 0) is 68.0 Å². The highest BCUT2D eigenvalue weighted by atomic mass is 16.7. The summed E-state index contributed by atoms with van der Waals surface area (Å²) in [7, 11) is 5.03. The van der Waals surface area contributed by atoms with Crippen LogP contribution in [-0.2, 0) is 38.0 Å². The number of carbonyl (C=O) groups excluding carboxylic acids is 2. The van der Waals surface area contributed by atoms with Crippen molar-refractivity contribution < 1.29 is 68.6 Å². The van der Waals surface area contributed by atoms with E-state index >= 15 is 0 Å². The maximum Gasteiger partial charge on any atom is 0.311 e. The van der Waals surface area contributed by atoms with Crippen molar-refractivity contribution in [3.05, 3.63) is 0 Å². The monoisotopic (exact) mass is 749 g/mol. The Morgan fingerprint density at radius 2 is 1.52 bits per heavy atom. The number of hydrogen-bond donors (Lipinski definition) is 6. The minimum Gasteiger partial charge on any atom is -0.459 e. The number of rotatable bonds is 8. The number of aliphatic hydroxyl groups excluding tert-OH is 4. The zero-order valence-electron chi connectivity index (χ0n) is 33.1. The van der Waals surface area contributed by atoms with Gasteiger partial charge >= 0.3 is 5.97 Å². The minimum absolute atomic E-state index is 0.0664. The van der Waals surface area contributed by atoms with Crippen molar-refractivity contribution in [3.63, 3.8) is 0 Å². The number of esters is 1. The first kappa shape index (κ1) is 45.1. The van der Waals surface area contributed by atoms with E-state index in [9.17, 15) is 40.2 Å². The van der Waals surface area contributed by atoms with E-state index in [4.69, 9.17) is 28.4 Å². The molecule has 15 heteroatoms. The Labute approximate surface area is 308 Å². The average Bonchev–Trinajstić information content (AvgIpc) is 3.08. The van der Waals surface area contributed by atoms with Crippen molar-refractivity contribution in [2.45, 2.75) is 172 Å². The Balaban J connectivity index is 2.19. The van der Waals surface area contributed by atoms with Gasteiger partial charge < -0.3 is 64.0 Å². The van der Waals surface area contributed by atoms with E-state index in [0.29, 0.717) is 6.42 Å². The number of cyclic esters (lactones) is 1. The van der Waals surface area contributed by atoms with Gasteiger partial charge in [0.1, 0.15) is 29.7 Å². The molecule has 6 N–H and O–H groups in total. The molecule has 3 rings (SSSR count). The fraction of sp³-hybridized carbons (Fsp3) is 0.946. The zero-order chi connectivity index (χ0) is 39.7. The molecule has 304 valence electrons. The third kappa shape index (κ3) is 9.54. The van der Waals surface area contributed by atoms with Crippen LogP contribution in [0, 0.1) is 23.7 Å². The highest BCUT2D eigenvalue weighted by Crippen LogP contribution is 2.40. The smallest absolute Gasteiger partial charge is 0.311 e. The number of hydrogen-bond acceptors (Lipinski definition) is 15. The lowest BCUT2D eigenvalue weighted by Crippen LogP contribution is -2.61. The first-order chi connectivity index (χ1) is 24.0. The van der Waals surface area contributed by atoms with Crippen molar-refractivity contribution in [3.8, 4) is 0 Å². The third-order valence-corrected chi connectivity index (χ3v) is 11.9. The van der Waals surface area contributed by atoms with Crippen molar-refractivity contribution in [2.24, 2.45) is 23.7 Å². The Hall–Kier alpha value is -1.34. The van der Waals surface area contributed by atoms with Crippen LogP contribution in [0.3, 0.4) is 0 Å². The van der Waals surface area contributed by atoms with Gasteiger partial charge in [0.25, 0.3) is 0 Å². The highest BCUT2D eigenvalue weighted by molar-refractivity contribution is 5.83. The predicted octanol–water partition coefficient (Wildman–Crippen LogP) is 0.758. The summed E-state index contributed by atoms with van der Waals surface area (Å²) in [5.41, 5.74) is -4.95. The largest absolute Gasteiger partial charge is 0.459 e. The Kier molecular flexibility index (Phi) is 15.3. The number of nitrogens with zero attached hydrogens (tertiary/aromatic N) is 1. The van der Waals surface area contributed by atoms with E-state index in [0.717, 1.165) is 0 Å². The van der Waals surface area contributed by atoms with Crippen LogP contribution in [0.2, 0.25) is 0 Å². The van der Waals surface area contributed by atoms with Crippen LogP contribution in [0.5, 0.6) is 0 Å². The summed E-state index contributed by atoms with van der Waals surface area (Å²) in [6.07, 6.45) is -10.9. The molecule has 3 aliphatic heterocycles. The van der Waals surface area contributed by atoms with Gasteiger partial charge in [-0.3, -0.25) is 9.59 Å². The Morgan fingerprint density at radius 3 is 2.06 bits per heavy atom. The number of likely N-dealkylation sites (N-methyl/N-ethyl adjacent to an activating group) is 1. The summed E-state index contributed by atoms with van der Waals surface area (Å²) in [6, 6.07) is -0.479. The van der Waals surface area contributed by atoms with Crippen LogP contribution >= 0.6 is 0 Å². The molecule has 0 amide bonds. The number of ether oxygens (including phenoxy) is 6. The van der Waals surface area contributed by atoms with Crippen LogP contribution < -0.4 is 0 Å². The summed E-state index contributed by atoms with van der Waals surface area (Å²) in [5.74, 6) is -5.21. The van der Waals surface area contributed by atoms with Crippen LogP contribution in [0.25, 0.3) is 0 Å². The van der Waals surface area contributed by atoms with Crippen molar-refractivity contribution in [1.29, 1.82) is 0 Å². The highest BCUT2D eigenvalue weighted by Gasteiger charge is 2.53. The summed E-state index contributed by atoms with van der Waals surface area (Å²) in [4.78, 5) is 29.7. The quantitative estimate of drug-likeness (QED) is 0.189. The number of methoxy groups -OCH3 is 1. The molecule has 0 bridgehead atoms. The molecule has 3 aliphatic rings. The number of aliphatic hydroxyl groups is 6. The van der Waals surface area contributed by atoms with Crippen LogP contribution in [0.1, 0.15) is 88.0 Å². The first-order valence-electron chi connectivity index (χ1n) is 18.6. The summed E-state index contributed by atoms with van der Waals surface area (Å²) < 4.78 is 36.8. The van der Waals surface area contributed by atoms with Gasteiger partial charge in [0.2, 0.25) is 0 Å². The predicted molar refractivity (Wildman–Crippen MR) is 188 cm³/mol. The molecular formula is C37H67NO14. The first-order valence-corrected chi connectivity index (χ1v) is 18.6. The van der Waals surface area contributed by atoms with E-state index in [-0.39, 0.29) is 25.9 Å². The van der Waals surface area contributed by atoms with Gasteiger partial charge in [-0.15, -0.1) is 0 Å². The fourth-order valence-electron chi connectivity index (χ4n) is 8.42. The SMILES string of the molecule is CC[C@H]1OC(=O)[C@H](C)[C@@H](O[C@H]2C[C@@](C)(OC)[C@@H](O)[C@H](C)O2)[C@H](C)[C@@H](O[C@@H]2O[C@H](CO)C[C@H](N(C)C)[C@H]2O)[C@](C)(O)C[C@@H](C)C(=O)[C@H](C)[C@@H](O)[C@]1(C)O. The summed E-state index contributed by atoms with van der Waals surface area (Å²) >= 11 is 0. The van der Waals surface area contributed by atoms with E-state index < -0.39 is 120 Å². The van der Waals surface area contributed by atoms with E-state index in [1.807, 2.05) is 0 Å². The fourth-order valence-corrected chi connectivity index (χ4v) is 8.42. The molecule has 0 aromatic rings. The van der Waals surface area contributed by atoms with Crippen LogP contribution in [0.4, 0.5) is 0 Å². The van der Waals surface area contributed by atoms with E-state index in [2.05, 4.69) is 0 Å². The molecule has 0 radical (unpaired) electrons.